The molecule has 1 aliphatic rings. The molecule has 0 saturated carbocycles. The lowest BCUT2D eigenvalue weighted by Gasteiger charge is -2.32. The number of carboxylic acids is 1. The molecule has 6 nitrogen and oxygen atoms in total. The third-order valence-corrected chi connectivity index (χ3v) is 3.75. The fourth-order valence-electron chi connectivity index (χ4n) is 2.14. The lowest BCUT2D eigenvalue weighted by molar-refractivity contribution is -0.149. The molecule has 0 aromatic carbocycles. The van der Waals surface area contributed by atoms with Crippen molar-refractivity contribution in [3.63, 3.8) is 0 Å². The molecule has 1 saturated heterocycles. The summed E-state index contributed by atoms with van der Waals surface area (Å²) in [7, 11) is 2.13. The van der Waals surface area contributed by atoms with E-state index < -0.39 is 11.4 Å². The summed E-state index contributed by atoms with van der Waals surface area (Å²) in [5, 5.41) is 11.8. The van der Waals surface area contributed by atoms with Gasteiger partial charge in [0.2, 0.25) is 5.91 Å². The lowest BCUT2D eigenvalue weighted by atomic mass is 9.89. The SMILES string of the molecule is CN1CCN(CCCNC(=O)CC(C)(C)C(=O)O)CC1. The van der Waals surface area contributed by atoms with Crippen LogP contribution in [0.2, 0.25) is 0 Å². The summed E-state index contributed by atoms with van der Waals surface area (Å²) in [5.41, 5.74) is -0.998. The number of likely N-dealkylation sites (N-methyl/N-ethyl adjacent to an activating group) is 1. The number of hydrogen-bond acceptors (Lipinski definition) is 4. The van der Waals surface area contributed by atoms with Gasteiger partial charge >= 0.3 is 5.97 Å². The Kier molecular flexibility index (Phi) is 6.42. The first-order valence-corrected chi connectivity index (χ1v) is 7.22. The molecule has 0 spiro atoms. The van der Waals surface area contributed by atoms with Crippen LogP contribution >= 0.6 is 0 Å². The van der Waals surface area contributed by atoms with Crippen LogP contribution in [-0.2, 0) is 9.59 Å². The highest BCUT2D eigenvalue weighted by atomic mass is 16.4. The normalized spacial score (nSPS) is 17.9. The van der Waals surface area contributed by atoms with Gasteiger partial charge < -0.3 is 20.2 Å². The van der Waals surface area contributed by atoms with Crippen LogP contribution in [0.4, 0.5) is 0 Å². The summed E-state index contributed by atoms with van der Waals surface area (Å²) in [6, 6.07) is 0. The van der Waals surface area contributed by atoms with E-state index in [2.05, 4.69) is 22.2 Å². The predicted octanol–water partition coefficient (Wildman–Crippen LogP) is 0.241. The van der Waals surface area contributed by atoms with Crippen LogP contribution in [0, 0.1) is 5.41 Å². The highest BCUT2D eigenvalue weighted by molar-refractivity contribution is 5.84. The Morgan fingerprint density at radius 3 is 2.35 bits per heavy atom. The van der Waals surface area contributed by atoms with Crippen LogP contribution in [0.15, 0.2) is 0 Å². The second-order valence-corrected chi connectivity index (χ2v) is 6.21. The number of amides is 1. The van der Waals surface area contributed by atoms with Gasteiger partial charge in [-0.2, -0.15) is 0 Å². The molecule has 0 unspecified atom stereocenters. The topological polar surface area (TPSA) is 72.9 Å². The monoisotopic (exact) mass is 285 g/mol. The minimum absolute atomic E-state index is 0.0246. The van der Waals surface area contributed by atoms with Crippen molar-refractivity contribution in [1.82, 2.24) is 15.1 Å². The maximum absolute atomic E-state index is 11.7. The molecule has 6 heteroatoms. The Balaban J connectivity index is 2.12. The summed E-state index contributed by atoms with van der Waals surface area (Å²) < 4.78 is 0. The van der Waals surface area contributed by atoms with Gasteiger partial charge in [-0.3, -0.25) is 9.59 Å². The van der Waals surface area contributed by atoms with Crippen LogP contribution in [0.5, 0.6) is 0 Å². The van der Waals surface area contributed by atoms with Gasteiger partial charge in [-0.1, -0.05) is 0 Å². The molecule has 20 heavy (non-hydrogen) atoms. The van der Waals surface area contributed by atoms with E-state index in [0.29, 0.717) is 6.54 Å². The van der Waals surface area contributed by atoms with E-state index >= 15 is 0 Å². The van der Waals surface area contributed by atoms with E-state index in [9.17, 15) is 9.59 Å². The van der Waals surface area contributed by atoms with Gasteiger partial charge in [0.15, 0.2) is 0 Å². The van der Waals surface area contributed by atoms with Crippen molar-refractivity contribution >= 4 is 11.9 Å². The van der Waals surface area contributed by atoms with E-state index in [-0.39, 0.29) is 12.3 Å². The number of carbonyl (C=O) groups excluding carboxylic acids is 1. The standard InChI is InChI=1S/C14H27N3O3/c1-14(2,13(19)20)11-12(18)15-5-4-6-17-9-7-16(3)8-10-17/h4-11H2,1-3H3,(H,15,18)(H,19,20). The molecule has 116 valence electrons. The van der Waals surface area contributed by atoms with Crippen LogP contribution in [-0.4, -0.2) is 73.1 Å². The van der Waals surface area contributed by atoms with Crippen molar-refractivity contribution in [2.45, 2.75) is 26.7 Å². The molecule has 0 aromatic heterocycles. The molecule has 1 heterocycles. The Labute approximate surface area is 121 Å². The Morgan fingerprint density at radius 1 is 1.20 bits per heavy atom. The third kappa shape index (κ3) is 5.88. The molecule has 0 atom stereocenters. The van der Waals surface area contributed by atoms with Crippen LogP contribution in [0.1, 0.15) is 26.7 Å². The molecule has 1 aliphatic heterocycles. The van der Waals surface area contributed by atoms with E-state index in [1.807, 2.05) is 0 Å². The summed E-state index contributed by atoms with van der Waals surface area (Å²) in [4.78, 5) is 27.3. The molecule has 0 bridgehead atoms. The zero-order valence-electron chi connectivity index (χ0n) is 12.8. The number of nitrogens with zero attached hydrogens (tertiary/aromatic N) is 2. The highest BCUT2D eigenvalue weighted by Gasteiger charge is 2.29. The lowest BCUT2D eigenvalue weighted by Crippen LogP contribution is -2.45. The predicted molar refractivity (Wildman–Crippen MR) is 77.6 cm³/mol. The first-order valence-electron chi connectivity index (χ1n) is 7.22. The van der Waals surface area contributed by atoms with Gasteiger partial charge in [0.05, 0.1) is 5.41 Å². The second-order valence-electron chi connectivity index (χ2n) is 6.21. The van der Waals surface area contributed by atoms with Crippen LogP contribution < -0.4 is 5.32 Å². The fraction of sp³-hybridized carbons (Fsp3) is 0.857. The average molecular weight is 285 g/mol. The zero-order chi connectivity index (χ0) is 15.2. The maximum Gasteiger partial charge on any atom is 0.309 e. The number of piperazine rings is 1. The Morgan fingerprint density at radius 2 is 1.80 bits per heavy atom. The quantitative estimate of drug-likeness (QED) is 0.656. The van der Waals surface area contributed by atoms with Gasteiger partial charge in [-0.25, -0.2) is 0 Å². The van der Waals surface area contributed by atoms with Gasteiger partial charge in [0, 0.05) is 39.1 Å². The molecule has 0 radical (unpaired) electrons. The van der Waals surface area contributed by atoms with Gasteiger partial charge in [0.25, 0.3) is 0 Å². The summed E-state index contributed by atoms with van der Waals surface area (Å²) >= 11 is 0. The molecule has 1 fully saturated rings. The number of carbonyl (C=O) groups is 2. The Bertz CT molecular complexity index is 337. The number of rotatable bonds is 7. The zero-order valence-corrected chi connectivity index (χ0v) is 12.8. The number of nitrogens with one attached hydrogen (secondary N) is 1. The molecule has 0 aromatic rings. The van der Waals surface area contributed by atoms with E-state index in [0.717, 1.165) is 39.1 Å². The fourth-order valence-corrected chi connectivity index (χ4v) is 2.14. The van der Waals surface area contributed by atoms with Crippen molar-refractivity contribution in [3.8, 4) is 0 Å². The Hall–Kier alpha value is -1.14. The first kappa shape index (κ1) is 16.9. The number of hydrogen-bond donors (Lipinski definition) is 2. The van der Waals surface area contributed by atoms with Crippen molar-refractivity contribution < 1.29 is 14.7 Å². The van der Waals surface area contributed by atoms with Gasteiger partial charge in [-0.15, -0.1) is 0 Å². The maximum atomic E-state index is 11.7. The average Bonchev–Trinajstić information content (AvgIpc) is 2.36. The molecular weight excluding hydrogens is 258 g/mol. The van der Waals surface area contributed by atoms with E-state index in [4.69, 9.17) is 5.11 Å². The second kappa shape index (κ2) is 7.59. The minimum atomic E-state index is -0.998. The van der Waals surface area contributed by atoms with Crippen LogP contribution in [0.3, 0.4) is 0 Å². The van der Waals surface area contributed by atoms with Crippen LogP contribution in [0.25, 0.3) is 0 Å². The molecule has 1 amide bonds. The van der Waals surface area contributed by atoms with E-state index in [1.54, 1.807) is 13.8 Å². The van der Waals surface area contributed by atoms with Crippen molar-refractivity contribution in [2.24, 2.45) is 5.41 Å². The molecular formula is C14H27N3O3. The van der Waals surface area contributed by atoms with E-state index in [1.165, 1.54) is 0 Å². The number of aliphatic carboxylic acids is 1. The van der Waals surface area contributed by atoms with Gasteiger partial charge in [-0.05, 0) is 33.9 Å². The third-order valence-electron chi connectivity index (χ3n) is 3.75. The molecule has 0 aliphatic carbocycles. The summed E-state index contributed by atoms with van der Waals surface area (Å²) in [5.74, 6) is -1.12. The molecule has 2 N–H and O–H groups in total. The first-order chi connectivity index (χ1) is 9.31. The highest BCUT2D eigenvalue weighted by Crippen LogP contribution is 2.19. The van der Waals surface area contributed by atoms with Gasteiger partial charge in [0.1, 0.15) is 0 Å². The minimum Gasteiger partial charge on any atom is -0.481 e. The largest absolute Gasteiger partial charge is 0.481 e. The molecule has 1 rings (SSSR count). The summed E-state index contributed by atoms with van der Waals surface area (Å²) in [6.07, 6.45) is 0.930. The summed E-state index contributed by atoms with van der Waals surface area (Å²) in [6.45, 7) is 9.08. The van der Waals surface area contributed by atoms with Crippen molar-refractivity contribution in [2.75, 3.05) is 46.3 Å². The van der Waals surface area contributed by atoms with Crippen molar-refractivity contribution in [3.05, 3.63) is 0 Å². The van der Waals surface area contributed by atoms with Crippen molar-refractivity contribution in [1.29, 1.82) is 0 Å². The smallest absolute Gasteiger partial charge is 0.309 e. The number of carboxylic acid groups (broad SMARTS) is 1.